The van der Waals surface area contributed by atoms with Gasteiger partial charge in [0, 0.05) is 17.1 Å². The predicted molar refractivity (Wildman–Crippen MR) is 156 cm³/mol. The fourth-order valence-corrected chi connectivity index (χ4v) is 7.16. The standard InChI is InChI=1S/3C11H22O.Fe/c3*1-3-10-8-6-4-5-7-9-11(10,2)12;/h3*10,12H,3-9H2,1-2H3;. The third-order valence-corrected chi connectivity index (χ3v) is 10.1. The van der Waals surface area contributed by atoms with E-state index in [2.05, 4.69) is 20.8 Å². The van der Waals surface area contributed by atoms with Crippen molar-refractivity contribution in [1.29, 1.82) is 0 Å². The van der Waals surface area contributed by atoms with Gasteiger partial charge in [-0.1, -0.05) is 117 Å². The van der Waals surface area contributed by atoms with Crippen LogP contribution in [-0.4, -0.2) is 32.1 Å². The maximum atomic E-state index is 10.1. The van der Waals surface area contributed by atoms with E-state index in [1.807, 2.05) is 20.8 Å². The van der Waals surface area contributed by atoms with Gasteiger partial charge in [0.15, 0.2) is 0 Å². The fourth-order valence-electron chi connectivity index (χ4n) is 7.16. The van der Waals surface area contributed by atoms with E-state index < -0.39 is 0 Å². The quantitative estimate of drug-likeness (QED) is 0.298. The Morgan fingerprint density at radius 2 is 0.649 bits per heavy atom. The largest absolute Gasteiger partial charge is 0.390 e. The molecule has 3 N–H and O–H groups in total. The van der Waals surface area contributed by atoms with E-state index in [-0.39, 0.29) is 33.9 Å². The first-order chi connectivity index (χ1) is 17.0. The first-order valence-corrected chi connectivity index (χ1v) is 16.2. The molecule has 0 aromatic carbocycles. The zero-order chi connectivity index (χ0) is 27.1. The maximum absolute atomic E-state index is 10.1. The minimum Gasteiger partial charge on any atom is -0.390 e. The Hall–Kier alpha value is 0.399. The van der Waals surface area contributed by atoms with Crippen LogP contribution in [0.1, 0.15) is 176 Å². The minimum absolute atomic E-state index is 0. The van der Waals surface area contributed by atoms with Crippen molar-refractivity contribution in [2.45, 2.75) is 193 Å². The van der Waals surface area contributed by atoms with Crippen molar-refractivity contribution in [1.82, 2.24) is 0 Å². The van der Waals surface area contributed by atoms with Gasteiger partial charge in [0.05, 0.1) is 16.8 Å². The Kier molecular flexibility index (Phi) is 19.7. The van der Waals surface area contributed by atoms with Gasteiger partial charge in [-0.3, -0.25) is 0 Å². The van der Waals surface area contributed by atoms with E-state index in [9.17, 15) is 15.3 Å². The molecule has 3 saturated carbocycles. The Balaban J connectivity index is 0.000000518. The van der Waals surface area contributed by atoms with E-state index in [4.69, 9.17) is 0 Å². The van der Waals surface area contributed by atoms with Crippen molar-refractivity contribution in [2.75, 3.05) is 0 Å². The van der Waals surface area contributed by atoms with Crippen LogP contribution >= 0.6 is 0 Å². The molecule has 4 heteroatoms. The molecule has 0 saturated heterocycles. The van der Waals surface area contributed by atoms with Crippen molar-refractivity contribution in [3.63, 3.8) is 0 Å². The molecule has 0 aliphatic heterocycles. The Morgan fingerprint density at radius 1 is 0.432 bits per heavy atom. The molecule has 0 aromatic heterocycles. The molecule has 37 heavy (non-hydrogen) atoms. The molecule has 6 unspecified atom stereocenters. The summed E-state index contributed by atoms with van der Waals surface area (Å²) in [5.41, 5.74) is -1.14. The predicted octanol–water partition coefficient (Wildman–Crippen LogP) is 9.35. The van der Waals surface area contributed by atoms with Crippen LogP contribution < -0.4 is 0 Å². The minimum atomic E-state index is -0.380. The van der Waals surface area contributed by atoms with Crippen molar-refractivity contribution in [2.24, 2.45) is 17.8 Å². The van der Waals surface area contributed by atoms with E-state index in [0.29, 0.717) is 17.8 Å². The smallest absolute Gasteiger partial charge is 0.0647 e. The summed E-state index contributed by atoms with van der Waals surface area (Å²) in [7, 11) is 0. The van der Waals surface area contributed by atoms with E-state index in [1.54, 1.807) is 0 Å². The van der Waals surface area contributed by atoms with Gasteiger partial charge in [-0.05, 0) is 77.0 Å². The van der Waals surface area contributed by atoms with Gasteiger partial charge in [-0.15, -0.1) is 0 Å². The third-order valence-electron chi connectivity index (χ3n) is 10.1. The molecule has 3 nitrogen and oxygen atoms in total. The van der Waals surface area contributed by atoms with E-state index in [0.717, 1.165) is 38.5 Å². The number of aliphatic hydroxyl groups is 3. The molecule has 224 valence electrons. The van der Waals surface area contributed by atoms with Crippen LogP contribution in [0.4, 0.5) is 0 Å². The van der Waals surface area contributed by atoms with Gasteiger partial charge in [-0.2, -0.15) is 0 Å². The Bertz CT molecular complexity index is 470. The second-order valence-corrected chi connectivity index (χ2v) is 13.2. The summed E-state index contributed by atoms with van der Waals surface area (Å²) in [5, 5.41) is 30.4. The summed E-state index contributed by atoms with van der Waals surface area (Å²) < 4.78 is 0. The molecule has 0 aromatic rings. The molecule has 3 fully saturated rings. The van der Waals surface area contributed by atoms with Crippen molar-refractivity contribution < 1.29 is 32.4 Å². The number of hydrogen-bond donors (Lipinski definition) is 3. The molecule has 0 amide bonds. The molecule has 3 aliphatic carbocycles. The summed E-state index contributed by atoms with van der Waals surface area (Å²) >= 11 is 0. The Morgan fingerprint density at radius 3 is 0.865 bits per heavy atom. The molecule has 3 rings (SSSR count). The third kappa shape index (κ3) is 14.6. The summed E-state index contributed by atoms with van der Waals surface area (Å²) in [6.07, 6.45) is 25.7. The summed E-state index contributed by atoms with van der Waals surface area (Å²) in [5.74, 6) is 1.62. The molecule has 0 spiro atoms. The fraction of sp³-hybridized carbons (Fsp3) is 1.00. The van der Waals surface area contributed by atoms with Crippen LogP contribution in [-0.2, 0) is 17.1 Å². The number of hydrogen-bond acceptors (Lipinski definition) is 3. The van der Waals surface area contributed by atoms with Gasteiger partial charge in [-0.25, -0.2) is 0 Å². The van der Waals surface area contributed by atoms with Gasteiger partial charge < -0.3 is 15.3 Å². The molecular formula is C33H66FeO3. The van der Waals surface area contributed by atoms with Crippen LogP contribution in [0.5, 0.6) is 0 Å². The van der Waals surface area contributed by atoms with Gasteiger partial charge in [0.25, 0.3) is 0 Å². The second-order valence-electron chi connectivity index (χ2n) is 13.2. The van der Waals surface area contributed by atoms with Crippen molar-refractivity contribution in [3.8, 4) is 0 Å². The monoisotopic (exact) mass is 566 g/mol. The topological polar surface area (TPSA) is 60.7 Å². The van der Waals surface area contributed by atoms with E-state index >= 15 is 0 Å². The zero-order valence-corrected chi connectivity index (χ0v) is 26.9. The molecule has 6 atom stereocenters. The van der Waals surface area contributed by atoms with Crippen LogP contribution in [0.3, 0.4) is 0 Å². The van der Waals surface area contributed by atoms with Gasteiger partial charge in [0.2, 0.25) is 0 Å². The summed E-state index contributed by atoms with van der Waals surface area (Å²) in [6.45, 7) is 12.6. The van der Waals surface area contributed by atoms with Crippen LogP contribution in [0.2, 0.25) is 0 Å². The Labute approximate surface area is 242 Å². The molecule has 3 aliphatic rings. The average molecular weight is 567 g/mol. The van der Waals surface area contributed by atoms with E-state index in [1.165, 1.54) is 96.3 Å². The van der Waals surface area contributed by atoms with Crippen LogP contribution in [0.25, 0.3) is 0 Å². The first kappa shape index (κ1) is 37.4. The van der Waals surface area contributed by atoms with Crippen molar-refractivity contribution in [3.05, 3.63) is 0 Å². The summed E-state index contributed by atoms with van der Waals surface area (Å²) in [6, 6.07) is 0. The zero-order valence-electron chi connectivity index (χ0n) is 25.8. The average Bonchev–Trinajstić information content (AvgIpc) is 2.79. The van der Waals surface area contributed by atoms with Gasteiger partial charge in [0.1, 0.15) is 0 Å². The first-order valence-electron chi connectivity index (χ1n) is 16.2. The second kappa shape index (κ2) is 19.5. The normalized spacial score (nSPS) is 37.7. The SMILES string of the molecule is CCC1CCCCCCC1(C)O.CCC1CCCCCCC1(C)O.CCC1CCCCCCC1(C)O.[Fe]. The van der Waals surface area contributed by atoms with Crippen molar-refractivity contribution >= 4 is 0 Å². The maximum Gasteiger partial charge on any atom is 0.0647 e. The van der Waals surface area contributed by atoms with Crippen LogP contribution in [0, 0.1) is 17.8 Å². The van der Waals surface area contributed by atoms with Crippen LogP contribution in [0.15, 0.2) is 0 Å². The molecule has 0 heterocycles. The molecule has 0 bridgehead atoms. The number of rotatable bonds is 3. The molecule has 0 radical (unpaired) electrons. The van der Waals surface area contributed by atoms with Gasteiger partial charge >= 0.3 is 0 Å². The summed E-state index contributed by atoms with van der Waals surface area (Å²) in [4.78, 5) is 0. The molecular weight excluding hydrogens is 500 g/mol.